The minimum atomic E-state index is -0.972. The van der Waals surface area contributed by atoms with Crippen LogP contribution in [-0.2, 0) is 11.3 Å². The summed E-state index contributed by atoms with van der Waals surface area (Å²) in [4.78, 5) is 22.3. The molecule has 0 fully saturated rings. The van der Waals surface area contributed by atoms with Crippen molar-refractivity contribution in [3.8, 4) is 5.69 Å². The van der Waals surface area contributed by atoms with Crippen molar-refractivity contribution in [1.29, 1.82) is 0 Å². The second-order valence-electron chi connectivity index (χ2n) is 3.77. The molecular weight excluding hydrogens is 239 g/mol. The summed E-state index contributed by atoms with van der Waals surface area (Å²) in [5, 5.41) is 8.55. The summed E-state index contributed by atoms with van der Waals surface area (Å²) in [5.74, 6) is -1.40. The normalized spacial score (nSPS) is 10.5. The molecule has 2 aromatic rings. The Morgan fingerprint density at radius 1 is 1.33 bits per heavy atom. The van der Waals surface area contributed by atoms with E-state index in [0.717, 1.165) is 0 Å². The number of carboxylic acids is 1. The van der Waals surface area contributed by atoms with Gasteiger partial charge in [-0.3, -0.25) is 13.9 Å². The zero-order valence-corrected chi connectivity index (χ0v) is 9.41. The molecule has 0 atom stereocenters. The summed E-state index contributed by atoms with van der Waals surface area (Å²) in [6, 6.07) is 5.64. The summed E-state index contributed by atoms with van der Waals surface area (Å²) in [6.07, 6.45) is 2.84. The van der Waals surface area contributed by atoms with Crippen LogP contribution in [0.1, 0.15) is 6.42 Å². The van der Waals surface area contributed by atoms with Gasteiger partial charge >= 0.3 is 11.7 Å². The topological polar surface area (TPSA) is 64.2 Å². The molecule has 0 aliphatic carbocycles. The molecule has 0 amide bonds. The molecule has 18 heavy (non-hydrogen) atoms. The van der Waals surface area contributed by atoms with Gasteiger partial charge in [0.05, 0.1) is 12.1 Å². The zero-order chi connectivity index (χ0) is 13.1. The van der Waals surface area contributed by atoms with Crippen molar-refractivity contribution in [3.63, 3.8) is 0 Å². The highest BCUT2D eigenvalue weighted by Gasteiger charge is 2.07. The Kier molecular flexibility index (Phi) is 3.27. The van der Waals surface area contributed by atoms with Crippen LogP contribution in [0.25, 0.3) is 5.69 Å². The third-order valence-corrected chi connectivity index (χ3v) is 2.50. The van der Waals surface area contributed by atoms with Gasteiger partial charge in [-0.15, -0.1) is 0 Å². The van der Waals surface area contributed by atoms with Crippen molar-refractivity contribution >= 4 is 5.97 Å². The Morgan fingerprint density at radius 3 is 2.78 bits per heavy atom. The number of nitrogens with zero attached hydrogens (tertiary/aromatic N) is 2. The van der Waals surface area contributed by atoms with Gasteiger partial charge in [-0.05, 0) is 18.2 Å². The van der Waals surface area contributed by atoms with Gasteiger partial charge in [0.25, 0.3) is 0 Å². The van der Waals surface area contributed by atoms with Gasteiger partial charge in [-0.1, -0.05) is 6.07 Å². The van der Waals surface area contributed by atoms with Crippen LogP contribution < -0.4 is 5.69 Å². The highest BCUT2D eigenvalue weighted by atomic mass is 19.1. The standard InChI is InChI=1S/C12H11FN2O3/c13-9-2-1-3-10(8-9)15-7-6-14(12(15)18)5-4-11(16)17/h1-3,6-8H,4-5H2,(H,16,17). The smallest absolute Gasteiger partial charge is 0.332 e. The molecule has 0 aliphatic heterocycles. The van der Waals surface area contributed by atoms with Crippen LogP contribution in [0.3, 0.4) is 0 Å². The van der Waals surface area contributed by atoms with Crippen LogP contribution in [0, 0.1) is 5.82 Å². The number of rotatable bonds is 4. The number of aryl methyl sites for hydroxylation is 1. The lowest BCUT2D eigenvalue weighted by Crippen LogP contribution is -2.23. The van der Waals surface area contributed by atoms with Gasteiger partial charge in [-0.2, -0.15) is 0 Å². The van der Waals surface area contributed by atoms with E-state index in [0.29, 0.717) is 5.69 Å². The number of halogens is 1. The maximum atomic E-state index is 13.0. The first-order chi connectivity index (χ1) is 8.58. The second-order valence-corrected chi connectivity index (χ2v) is 3.77. The van der Waals surface area contributed by atoms with Gasteiger partial charge in [-0.25, -0.2) is 9.18 Å². The maximum Gasteiger partial charge on any atom is 0.332 e. The third kappa shape index (κ3) is 2.48. The van der Waals surface area contributed by atoms with E-state index in [1.165, 1.54) is 39.7 Å². The number of hydrogen-bond donors (Lipinski definition) is 1. The SMILES string of the molecule is O=C(O)CCn1ccn(-c2cccc(F)c2)c1=O. The van der Waals surface area contributed by atoms with Crippen molar-refractivity contribution in [1.82, 2.24) is 9.13 Å². The molecule has 0 aliphatic rings. The lowest BCUT2D eigenvalue weighted by molar-refractivity contribution is -0.137. The quantitative estimate of drug-likeness (QED) is 0.888. The maximum absolute atomic E-state index is 13.0. The molecule has 1 N–H and O–H groups in total. The fourth-order valence-electron chi connectivity index (χ4n) is 1.62. The van der Waals surface area contributed by atoms with E-state index in [2.05, 4.69) is 0 Å². The summed E-state index contributed by atoms with van der Waals surface area (Å²) in [6.45, 7) is 0.0937. The molecule has 0 spiro atoms. The monoisotopic (exact) mass is 250 g/mol. The van der Waals surface area contributed by atoms with Gasteiger partial charge in [0, 0.05) is 18.9 Å². The van der Waals surface area contributed by atoms with Crippen molar-refractivity contribution < 1.29 is 14.3 Å². The lowest BCUT2D eigenvalue weighted by atomic mass is 10.3. The Morgan fingerprint density at radius 2 is 2.11 bits per heavy atom. The molecule has 6 heteroatoms. The van der Waals surface area contributed by atoms with E-state index < -0.39 is 11.8 Å². The van der Waals surface area contributed by atoms with E-state index in [1.807, 2.05) is 0 Å². The number of carbonyl (C=O) groups is 1. The fraction of sp³-hybridized carbons (Fsp3) is 0.167. The summed E-state index contributed by atoms with van der Waals surface area (Å²) < 4.78 is 15.6. The molecule has 1 heterocycles. The summed E-state index contributed by atoms with van der Waals surface area (Å²) in [7, 11) is 0. The number of imidazole rings is 1. The molecule has 0 saturated carbocycles. The van der Waals surface area contributed by atoms with E-state index in [1.54, 1.807) is 6.07 Å². The molecule has 0 saturated heterocycles. The minimum Gasteiger partial charge on any atom is -0.481 e. The van der Waals surface area contributed by atoms with Crippen LogP contribution in [0.4, 0.5) is 4.39 Å². The summed E-state index contributed by atoms with van der Waals surface area (Å²) >= 11 is 0. The van der Waals surface area contributed by atoms with E-state index in [4.69, 9.17) is 5.11 Å². The molecule has 1 aromatic heterocycles. The number of aliphatic carboxylic acids is 1. The number of benzene rings is 1. The Balaban J connectivity index is 2.31. The number of hydrogen-bond acceptors (Lipinski definition) is 2. The number of aromatic nitrogens is 2. The van der Waals surface area contributed by atoms with Gasteiger partial charge < -0.3 is 5.11 Å². The van der Waals surface area contributed by atoms with Crippen LogP contribution in [0.15, 0.2) is 41.5 Å². The van der Waals surface area contributed by atoms with Crippen molar-refractivity contribution in [2.45, 2.75) is 13.0 Å². The van der Waals surface area contributed by atoms with E-state index in [9.17, 15) is 14.0 Å². The van der Waals surface area contributed by atoms with Crippen molar-refractivity contribution in [2.24, 2.45) is 0 Å². The van der Waals surface area contributed by atoms with E-state index in [-0.39, 0.29) is 18.7 Å². The molecule has 1 aromatic carbocycles. The van der Waals surface area contributed by atoms with Crippen molar-refractivity contribution in [2.75, 3.05) is 0 Å². The molecule has 0 unspecified atom stereocenters. The highest BCUT2D eigenvalue weighted by molar-refractivity contribution is 5.66. The predicted molar refractivity (Wildman–Crippen MR) is 62.2 cm³/mol. The average molecular weight is 250 g/mol. The fourth-order valence-corrected chi connectivity index (χ4v) is 1.62. The van der Waals surface area contributed by atoms with Gasteiger partial charge in [0.1, 0.15) is 5.82 Å². The lowest BCUT2D eigenvalue weighted by Gasteiger charge is -2.01. The average Bonchev–Trinajstić information content (AvgIpc) is 2.68. The van der Waals surface area contributed by atoms with Crippen LogP contribution >= 0.6 is 0 Å². The first-order valence-corrected chi connectivity index (χ1v) is 5.33. The first kappa shape index (κ1) is 12.1. The zero-order valence-electron chi connectivity index (χ0n) is 9.41. The number of carboxylic acid groups (broad SMARTS) is 1. The summed E-state index contributed by atoms with van der Waals surface area (Å²) in [5.41, 5.74) is 0.0240. The third-order valence-electron chi connectivity index (χ3n) is 2.50. The molecule has 94 valence electrons. The first-order valence-electron chi connectivity index (χ1n) is 5.33. The Hall–Kier alpha value is -2.37. The molecule has 0 radical (unpaired) electrons. The largest absolute Gasteiger partial charge is 0.481 e. The predicted octanol–water partition coefficient (Wildman–Crippen LogP) is 1.25. The van der Waals surface area contributed by atoms with Crippen LogP contribution in [0.5, 0.6) is 0 Å². The Labute approximate surface area is 102 Å². The highest BCUT2D eigenvalue weighted by Crippen LogP contribution is 2.07. The molecular formula is C12H11FN2O3. The van der Waals surface area contributed by atoms with Crippen LogP contribution in [0.2, 0.25) is 0 Å². The minimum absolute atomic E-state index is 0.0937. The molecule has 2 rings (SSSR count). The van der Waals surface area contributed by atoms with E-state index >= 15 is 0 Å². The second kappa shape index (κ2) is 4.87. The van der Waals surface area contributed by atoms with Gasteiger partial charge in [0.15, 0.2) is 0 Å². The van der Waals surface area contributed by atoms with Crippen LogP contribution in [-0.4, -0.2) is 20.2 Å². The molecule has 0 bridgehead atoms. The van der Waals surface area contributed by atoms with Gasteiger partial charge in [0.2, 0.25) is 0 Å². The van der Waals surface area contributed by atoms with Crippen molar-refractivity contribution in [3.05, 3.63) is 53.0 Å². The molecule has 5 nitrogen and oxygen atoms in total. The Bertz CT molecular complexity index is 630.